The molecular formula is C25H23NO4S. The molecule has 31 heavy (non-hydrogen) atoms. The lowest BCUT2D eigenvalue weighted by atomic mass is 10.2. The van der Waals surface area contributed by atoms with Crippen molar-refractivity contribution in [2.24, 2.45) is 0 Å². The zero-order valence-corrected chi connectivity index (χ0v) is 18.2. The van der Waals surface area contributed by atoms with Gasteiger partial charge in [-0.25, -0.2) is 8.42 Å². The molecule has 3 aromatic carbocycles. The van der Waals surface area contributed by atoms with E-state index in [-0.39, 0.29) is 9.80 Å². The lowest BCUT2D eigenvalue weighted by molar-refractivity contribution is 0.269. The number of allylic oxidation sites excluding steroid dienone is 1. The van der Waals surface area contributed by atoms with E-state index in [2.05, 4.69) is 0 Å². The largest absolute Gasteiger partial charge is 0.490 e. The third kappa shape index (κ3) is 5.53. The van der Waals surface area contributed by atoms with Crippen LogP contribution in [-0.2, 0) is 16.4 Å². The quantitative estimate of drug-likeness (QED) is 0.450. The summed E-state index contributed by atoms with van der Waals surface area (Å²) < 4.78 is 37.3. The molecule has 3 aromatic rings. The molecule has 0 radical (unpaired) electrons. The molecule has 0 unspecified atom stereocenters. The molecule has 0 atom stereocenters. The van der Waals surface area contributed by atoms with Gasteiger partial charge >= 0.3 is 0 Å². The molecule has 0 aliphatic rings. The smallest absolute Gasteiger partial charge is 0.216 e. The van der Waals surface area contributed by atoms with Gasteiger partial charge in [0.05, 0.1) is 11.5 Å². The zero-order valence-electron chi connectivity index (χ0n) is 17.4. The van der Waals surface area contributed by atoms with Crippen LogP contribution in [0.3, 0.4) is 0 Å². The van der Waals surface area contributed by atoms with Gasteiger partial charge in [-0.2, -0.15) is 5.26 Å². The Morgan fingerprint density at radius 3 is 2.32 bits per heavy atom. The highest BCUT2D eigenvalue weighted by Crippen LogP contribution is 2.31. The molecule has 0 aromatic heterocycles. The minimum Gasteiger partial charge on any atom is -0.490 e. The van der Waals surface area contributed by atoms with E-state index in [1.807, 2.05) is 50.2 Å². The molecule has 6 heteroatoms. The average molecular weight is 434 g/mol. The summed E-state index contributed by atoms with van der Waals surface area (Å²) in [5.74, 6) is 1.03. The molecule has 0 saturated carbocycles. The molecule has 0 bridgehead atoms. The Balaban J connectivity index is 1.90. The summed E-state index contributed by atoms with van der Waals surface area (Å²) in [5.41, 5.74) is 2.49. The third-order valence-corrected chi connectivity index (χ3v) is 6.21. The Hall–Kier alpha value is -3.56. The van der Waals surface area contributed by atoms with Crippen molar-refractivity contribution in [3.05, 3.63) is 94.4 Å². The number of hydrogen-bond acceptors (Lipinski definition) is 5. The first-order chi connectivity index (χ1) is 14.9. The maximum atomic E-state index is 12.9. The maximum Gasteiger partial charge on any atom is 0.216 e. The summed E-state index contributed by atoms with van der Waals surface area (Å²) in [6.45, 7) is 4.52. The first-order valence-electron chi connectivity index (χ1n) is 9.81. The normalized spacial score (nSPS) is 11.6. The fraction of sp³-hybridized carbons (Fsp3) is 0.160. The zero-order chi connectivity index (χ0) is 22.3. The van der Waals surface area contributed by atoms with Gasteiger partial charge in [0.1, 0.15) is 17.6 Å². The molecule has 0 heterocycles. The summed E-state index contributed by atoms with van der Waals surface area (Å²) >= 11 is 0. The van der Waals surface area contributed by atoms with Crippen LogP contribution in [-0.4, -0.2) is 15.0 Å². The second-order valence-electron chi connectivity index (χ2n) is 6.85. The molecule has 158 valence electrons. The van der Waals surface area contributed by atoms with Gasteiger partial charge in [-0.1, -0.05) is 54.1 Å². The van der Waals surface area contributed by atoms with Crippen molar-refractivity contribution < 1.29 is 17.9 Å². The minimum atomic E-state index is -3.92. The van der Waals surface area contributed by atoms with Gasteiger partial charge in [0.2, 0.25) is 9.84 Å². The molecule has 0 aliphatic carbocycles. The number of nitriles is 1. The van der Waals surface area contributed by atoms with Crippen LogP contribution in [0.2, 0.25) is 0 Å². The number of benzene rings is 3. The Kier molecular flexibility index (Phi) is 7.11. The summed E-state index contributed by atoms with van der Waals surface area (Å²) in [6.07, 6.45) is 1.35. The molecule has 0 saturated heterocycles. The summed E-state index contributed by atoms with van der Waals surface area (Å²) in [5, 5.41) is 9.52. The molecule has 0 N–H and O–H groups in total. The van der Waals surface area contributed by atoms with Gasteiger partial charge in [0.25, 0.3) is 0 Å². The number of aryl methyl sites for hydroxylation is 1. The summed E-state index contributed by atoms with van der Waals surface area (Å²) in [6, 6.07) is 23.1. The molecule has 3 rings (SSSR count). The highest BCUT2D eigenvalue weighted by Gasteiger charge is 2.21. The lowest BCUT2D eigenvalue weighted by Gasteiger charge is -2.13. The maximum absolute atomic E-state index is 12.9. The molecule has 0 aliphatic heterocycles. The highest BCUT2D eigenvalue weighted by molar-refractivity contribution is 7.95. The van der Waals surface area contributed by atoms with E-state index in [0.717, 1.165) is 11.1 Å². The van der Waals surface area contributed by atoms with Gasteiger partial charge in [-0.05, 0) is 55.3 Å². The number of nitrogens with zero attached hydrogens (tertiary/aromatic N) is 1. The SMILES string of the molecule is CCOc1cc(/C=C(\C#N)S(=O)(=O)c2ccc(C)cc2)ccc1OCc1ccccc1. The topological polar surface area (TPSA) is 76.4 Å². The predicted octanol–water partition coefficient (Wildman–Crippen LogP) is 5.31. The third-order valence-electron chi connectivity index (χ3n) is 4.53. The predicted molar refractivity (Wildman–Crippen MR) is 120 cm³/mol. The van der Waals surface area contributed by atoms with Crippen molar-refractivity contribution in [1.82, 2.24) is 0 Å². The van der Waals surface area contributed by atoms with E-state index >= 15 is 0 Å². The fourth-order valence-corrected chi connectivity index (χ4v) is 4.06. The van der Waals surface area contributed by atoms with Crippen LogP contribution in [0, 0.1) is 18.3 Å². The van der Waals surface area contributed by atoms with Crippen LogP contribution in [0.1, 0.15) is 23.6 Å². The molecule has 0 fully saturated rings. The van der Waals surface area contributed by atoms with E-state index in [1.54, 1.807) is 30.3 Å². The number of ether oxygens (including phenoxy) is 2. The summed E-state index contributed by atoms with van der Waals surface area (Å²) in [4.78, 5) is -0.254. The van der Waals surface area contributed by atoms with Crippen LogP contribution >= 0.6 is 0 Å². The number of rotatable bonds is 8. The Morgan fingerprint density at radius 2 is 1.68 bits per heavy atom. The standard InChI is InChI=1S/C25H23NO4S/c1-3-29-25-16-21(11-14-24(25)30-18-20-7-5-4-6-8-20)15-23(17-26)31(27,28)22-12-9-19(2)10-13-22/h4-16H,3,18H2,1-2H3/b23-15+. The highest BCUT2D eigenvalue weighted by atomic mass is 32.2. The number of hydrogen-bond donors (Lipinski definition) is 0. The van der Waals surface area contributed by atoms with E-state index in [1.165, 1.54) is 18.2 Å². The van der Waals surface area contributed by atoms with Crippen LogP contribution in [0.4, 0.5) is 0 Å². The van der Waals surface area contributed by atoms with Crippen molar-refractivity contribution in [3.63, 3.8) is 0 Å². The van der Waals surface area contributed by atoms with Gasteiger partial charge in [-0.15, -0.1) is 0 Å². The second-order valence-corrected chi connectivity index (χ2v) is 8.77. The Labute approximate surface area is 183 Å². The van der Waals surface area contributed by atoms with Gasteiger partial charge in [0.15, 0.2) is 11.5 Å². The second kappa shape index (κ2) is 9.96. The van der Waals surface area contributed by atoms with Gasteiger partial charge in [-0.3, -0.25) is 0 Å². The minimum absolute atomic E-state index is 0.0822. The lowest BCUT2D eigenvalue weighted by Crippen LogP contribution is -2.04. The average Bonchev–Trinajstić information content (AvgIpc) is 2.78. The molecular weight excluding hydrogens is 410 g/mol. The van der Waals surface area contributed by atoms with E-state index in [4.69, 9.17) is 9.47 Å². The van der Waals surface area contributed by atoms with E-state index in [0.29, 0.717) is 30.3 Å². The van der Waals surface area contributed by atoms with Crippen LogP contribution in [0.15, 0.2) is 82.6 Å². The van der Waals surface area contributed by atoms with Crippen molar-refractivity contribution in [2.75, 3.05) is 6.61 Å². The Bertz CT molecular complexity index is 1210. The van der Waals surface area contributed by atoms with E-state index < -0.39 is 9.84 Å². The number of sulfone groups is 1. The van der Waals surface area contributed by atoms with Gasteiger partial charge in [0, 0.05) is 0 Å². The van der Waals surface area contributed by atoms with Crippen molar-refractivity contribution in [2.45, 2.75) is 25.3 Å². The molecule has 0 amide bonds. The Morgan fingerprint density at radius 1 is 0.968 bits per heavy atom. The van der Waals surface area contributed by atoms with Gasteiger partial charge < -0.3 is 9.47 Å². The first-order valence-corrected chi connectivity index (χ1v) is 11.3. The first kappa shape index (κ1) is 22.1. The summed E-state index contributed by atoms with van der Waals surface area (Å²) in [7, 11) is -3.92. The fourth-order valence-electron chi connectivity index (χ4n) is 2.90. The van der Waals surface area contributed by atoms with Crippen LogP contribution in [0.5, 0.6) is 11.5 Å². The van der Waals surface area contributed by atoms with Crippen molar-refractivity contribution >= 4 is 15.9 Å². The van der Waals surface area contributed by atoms with Crippen molar-refractivity contribution in [1.29, 1.82) is 5.26 Å². The van der Waals surface area contributed by atoms with E-state index in [9.17, 15) is 13.7 Å². The van der Waals surface area contributed by atoms with Crippen LogP contribution in [0.25, 0.3) is 6.08 Å². The monoisotopic (exact) mass is 433 g/mol. The molecule has 0 spiro atoms. The molecule has 5 nitrogen and oxygen atoms in total. The van der Waals surface area contributed by atoms with Crippen LogP contribution < -0.4 is 9.47 Å². The van der Waals surface area contributed by atoms with Crippen molar-refractivity contribution in [3.8, 4) is 17.6 Å².